The van der Waals surface area contributed by atoms with Gasteiger partial charge in [0.15, 0.2) is 6.29 Å². The van der Waals surface area contributed by atoms with Gasteiger partial charge in [0.1, 0.15) is 6.54 Å². The molecule has 1 fully saturated rings. The molecule has 9 heteroatoms. The minimum Gasteiger partial charge on any atom is -0.465 e. The van der Waals surface area contributed by atoms with Crippen LogP contribution in [0.15, 0.2) is 91.0 Å². The number of ether oxygens (including phenoxy) is 3. The first-order chi connectivity index (χ1) is 22.3. The van der Waals surface area contributed by atoms with Gasteiger partial charge in [-0.1, -0.05) is 84.9 Å². The third-order valence-corrected chi connectivity index (χ3v) is 8.43. The van der Waals surface area contributed by atoms with Crippen LogP contribution in [0, 0.1) is 0 Å². The number of fused-ring (bicyclic) bond motifs is 1. The average molecular weight is 626 g/mol. The van der Waals surface area contributed by atoms with Crippen LogP contribution in [-0.4, -0.2) is 54.9 Å². The number of aliphatic hydroxyl groups is 1. The molecule has 1 aliphatic rings. The Morgan fingerprint density at radius 2 is 1.61 bits per heavy atom. The largest absolute Gasteiger partial charge is 0.465 e. The number of nitrogens with one attached hydrogen (secondary N) is 2. The van der Waals surface area contributed by atoms with Gasteiger partial charge in [-0.25, -0.2) is 4.79 Å². The molecule has 242 valence electrons. The number of urea groups is 1. The molecule has 0 aromatic heterocycles. The molecule has 2 amide bonds. The zero-order chi connectivity index (χ0) is 32.5. The monoisotopic (exact) mass is 625 g/mol. The van der Waals surface area contributed by atoms with Gasteiger partial charge < -0.3 is 30.0 Å². The quantitative estimate of drug-likeness (QED) is 0.167. The summed E-state index contributed by atoms with van der Waals surface area (Å²) >= 11 is 0. The summed E-state index contributed by atoms with van der Waals surface area (Å²) < 4.78 is 17.9. The standard InChI is InChI=1S/C37H43N3O6/c1-4-44-35(42)22-39-37(43)38-21-26-9-15-30(16-10-26)36-45-33(20-34(46-36)29-13-11-27(24-41)12-14-29)23-40(3)25(2)31-18-17-28-7-5-6-8-32(28)19-31/h5-19,25,33-34,36,41H,4,20-24H2,1-3H3,(H2,38,39,43)/t25-,33-,34+,36+/m1/s1. The predicted octanol–water partition coefficient (Wildman–Crippen LogP) is 5.93. The summed E-state index contributed by atoms with van der Waals surface area (Å²) in [5, 5.41) is 17.2. The number of benzene rings is 4. The molecule has 1 heterocycles. The SMILES string of the molecule is CCOC(=O)CNC(=O)NCc1ccc([C@H]2O[C@@H](CN(C)[C@H](C)c3ccc4ccccc4c3)C[C@@H](c3ccc(CO)cc3)O2)cc1. The summed E-state index contributed by atoms with van der Waals surface area (Å²) in [4.78, 5) is 25.9. The van der Waals surface area contributed by atoms with E-state index in [1.165, 1.54) is 16.3 Å². The van der Waals surface area contributed by atoms with Crippen LogP contribution in [0.3, 0.4) is 0 Å². The maximum Gasteiger partial charge on any atom is 0.325 e. The molecule has 0 bridgehead atoms. The van der Waals surface area contributed by atoms with E-state index >= 15 is 0 Å². The van der Waals surface area contributed by atoms with Gasteiger partial charge in [-0.05, 0) is 60.0 Å². The summed E-state index contributed by atoms with van der Waals surface area (Å²) in [6.07, 6.45) is -0.184. The van der Waals surface area contributed by atoms with Gasteiger partial charge in [-0.3, -0.25) is 9.69 Å². The number of likely N-dealkylation sites (N-methyl/N-ethyl adjacent to an activating group) is 1. The zero-order valence-electron chi connectivity index (χ0n) is 26.6. The van der Waals surface area contributed by atoms with Crippen LogP contribution >= 0.6 is 0 Å². The molecule has 3 N–H and O–H groups in total. The van der Waals surface area contributed by atoms with Crippen LogP contribution in [0.25, 0.3) is 10.8 Å². The molecule has 46 heavy (non-hydrogen) atoms. The van der Waals surface area contributed by atoms with Gasteiger partial charge in [0.05, 0.1) is 25.4 Å². The number of esters is 1. The lowest BCUT2D eigenvalue weighted by Gasteiger charge is -2.39. The van der Waals surface area contributed by atoms with E-state index in [1.54, 1.807) is 6.92 Å². The number of hydrogen-bond donors (Lipinski definition) is 3. The summed E-state index contributed by atoms with van der Waals surface area (Å²) in [6.45, 7) is 5.01. The van der Waals surface area contributed by atoms with E-state index in [4.69, 9.17) is 14.2 Å². The number of nitrogens with zero attached hydrogens (tertiary/aromatic N) is 1. The third-order valence-electron chi connectivity index (χ3n) is 8.43. The fourth-order valence-corrected chi connectivity index (χ4v) is 5.64. The molecule has 4 aromatic carbocycles. The average Bonchev–Trinajstić information content (AvgIpc) is 3.09. The van der Waals surface area contributed by atoms with Gasteiger partial charge in [0.25, 0.3) is 0 Å². The van der Waals surface area contributed by atoms with Crippen molar-refractivity contribution in [3.8, 4) is 0 Å². The molecule has 5 rings (SSSR count). The van der Waals surface area contributed by atoms with Gasteiger partial charge in [-0.2, -0.15) is 0 Å². The Hall–Kier alpha value is -4.28. The molecule has 1 aliphatic heterocycles. The minimum absolute atomic E-state index is 0.00805. The Kier molecular flexibility index (Phi) is 11.4. The summed E-state index contributed by atoms with van der Waals surface area (Å²) in [6, 6.07) is 30.4. The molecular formula is C37H43N3O6. The van der Waals surface area contributed by atoms with Crippen LogP contribution in [0.5, 0.6) is 0 Å². The van der Waals surface area contributed by atoms with Gasteiger partial charge in [-0.15, -0.1) is 0 Å². The van der Waals surface area contributed by atoms with E-state index in [0.717, 1.165) is 22.3 Å². The van der Waals surface area contributed by atoms with Crippen LogP contribution < -0.4 is 10.6 Å². The molecule has 0 aliphatic carbocycles. The van der Waals surface area contributed by atoms with Crippen LogP contribution in [0.1, 0.15) is 66.5 Å². The summed E-state index contributed by atoms with van der Waals surface area (Å²) in [5.41, 5.74) is 4.91. The van der Waals surface area contributed by atoms with Crippen molar-refractivity contribution in [1.29, 1.82) is 0 Å². The van der Waals surface area contributed by atoms with Gasteiger partial charge >= 0.3 is 12.0 Å². The van der Waals surface area contributed by atoms with E-state index in [-0.39, 0.29) is 38.0 Å². The third kappa shape index (κ3) is 8.70. The highest BCUT2D eigenvalue weighted by atomic mass is 16.7. The highest BCUT2D eigenvalue weighted by molar-refractivity contribution is 5.83. The fourth-order valence-electron chi connectivity index (χ4n) is 5.64. The number of hydrogen-bond acceptors (Lipinski definition) is 7. The second kappa shape index (κ2) is 15.8. The Morgan fingerprint density at radius 3 is 2.33 bits per heavy atom. The number of rotatable bonds is 12. The van der Waals surface area contributed by atoms with Gasteiger partial charge in [0.2, 0.25) is 0 Å². The first-order valence-electron chi connectivity index (χ1n) is 15.8. The second-order valence-electron chi connectivity index (χ2n) is 11.7. The molecule has 0 radical (unpaired) electrons. The van der Waals surface area contributed by atoms with Gasteiger partial charge in [0, 0.05) is 31.1 Å². The van der Waals surface area contributed by atoms with E-state index in [2.05, 4.69) is 72.0 Å². The molecule has 0 saturated carbocycles. The van der Waals surface area contributed by atoms with Crippen LogP contribution in [0.2, 0.25) is 0 Å². The Morgan fingerprint density at radius 1 is 0.913 bits per heavy atom. The lowest BCUT2D eigenvalue weighted by Crippen LogP contribution is -2.39. The van der Waals surface area contributed by atoms with Crippen LogP contribution in [-0.2, 0) is 32.2 Å². The van der Waals surface area contributed by atoms with Crippen molar-refractivity contribution in [2.75, 3.05) is 26.7 Å². The number of amides is 2. The van der Waals surface area contributed by atoms with Crippen molar-refractivity contribution in [2.24, 2.45) is 0 Å². The lowest BCUT2D eigenvalue weighted by atomic mass is 9.98. The lowest BCUT2D eigenvalue weighted by molar-refractivity contribution is -0.253. The molecule has 9 nitrogen and oxygen atoms in total. The molecule has 4 aromatic rings. The predicted molar refractivity (Wildman–Crippen MR) is 177 cm³/mol. The minimum atomic E-state index is -0.583. The number of carbonyl (C=O) groups excluding carboxylic acids is 2. The smallest absolute Gasteiger partial charge is 0.325 e. The molecule has 4 atom stereocenters. The highest BCUT2D eigenvalue weighted by Crippen LogP contribution is 2.38. The first-order valence-corrected chi connectivity index (χ1v) is 15.8. The maximum atomic E-state index is 12.1. The van der Waals surface area contributed by atoms with Crippen molar-refractivity contribution in [1.82, 2.24) is 15.5 Å². The second-order valence-corrected chi connectivity index (χ2v) is 11.7. The Balaban J connectivity index is 1.26. The first kappa shape index (κ1) is 33.1. The van der Waals surface area contributed by atoms with Crippen molar-refractivity contribution in [2.45, 2.75) is 58.0 Å². The van der Waals surface area contributed by atoms with E-state index < -0.39 is 18.3 Å². The Bertz CT molecular complexity index is 1590. The number of aliphatic hydroxyl groups excluding tert-OH is 1. The van der Waals surface area contributed by atoms with E-state index in [1.807, 2.05) is 48.5 Å². The van der Waals surface area contributed by atoms with Crippen molar-refractivity contribution >= 4 is 22.8 Å². The normalized spacial score (nSPS) is 18.7. The summed E-state index contributed by atoms with van der Waals surface area (Å²) in [7, 11) is 2.13. The Labute approximate surface area is 270 Å². The van der Waals surface area contributed by atoms with Crippen molar-refractivity contribution in [3.63, 3.8) is 0 Å². The fraction of sp³-hybridized carbons (Fsp3) is 0.351. The molecular weight excluding hydrogens is 582 g/mol. The van der Waals surface area contributed by atoms with E-state index in [9.17, 15) is 14.7 Å². The van der Waals surface area contributed by atoms with Crippen LogP contribution in [0.4, 0.5) is 4.79 Å². The van der Waals surface area contributed by atoms with Crippen molar-refractivity contribution < 1.29 is 28.9 Å². The topological polar surface area (TPSA) is 109 Å². The summed E-state index contributed by atoms with van der Waals surface area (Å²) in [5.74, 6) is -0.482. The van der Waals surface area contributed by atoms with Crippen molar-refractivity contribution in [3.05, 3.63) is 119 Å². The van der Waals surface area contributed by atoms with E-state index in [0.29, 0.717) is 19.5 Å². The molecule has 1 saturated heterocycles. The number of carbonyl (C=O) groups is 2. The molecule has 0 spiro atoms. The highest BCUT2D eigenvalue weighted by Gasteiger charge is 2.33. The molecule has 0 unspecified atom stereocenters. The maximum absolute atomic E-state index is 12.1. The zero-order valence-corrected chi connectivity index (χ0v) is 26.6.